The molecule has 0 saturated carbocycles. The second-order valence-corrected chi connectivity index (χ2v) is 13.7. The molecule has 0 radical (unpaired) electrons. The van der Waals surface area contributed by atoms with E-state index in [1.165, 1.54) is 37.7 Å². The first-order valence-corrected chi connectivity index (χ1v) is 17.8. The number of nitrogens with zero attached hydrogens (tertiary/aromatic N) is 2. The van der Waals surface area contributed by atoms with E-state index in [0.717, 1.165) is 49.0 Å². The van der Waals surface area contributed by atoms with Crippen LogP contribution >= 0.6 is 11.3 Å². The van der Waals surface area contributed by atoms with Gasteiger partial charge >= 0.3 is 0 Å². The van der Waals surface area contributed by atoms with Crippen molar-refractivity contribution < 1.29 is 4.42 Å². The molecule has 9 rings (SSSR count). The number of benzene rings is 7. The zero-order valence-corrected chi connectivity index (χ0v) is 28.8. The third-order valence-corrected chi connectivity index (χ3v) is 10.7. The minimum Gasteiger partial charge on any atom is -0.456 e. The number of hydrogen-bond acceptors (Lipinski definition) is 3. The van der Waals surface area contributed by atoms with Crippen LogP contribution in [0.15, 0.2) is 185 Å². The summed E-state index contributed by atoms with van der Waals surface area (Å²) in [6.07, 6.45) is 0. The van der Waals surface area contributed by atoms with Gasteiger partial charge in [-0.1, -0.05) is 128 Å². The molecule has 51 heavy (non-hydrogen) atoms. The maximum atomic E-state index is 6.20. The van der Waals surface area contributed by atoms with Gasteiger partial charge in [0.25, 0.3) is 0 Å². The van der Waals surface area contributed by atoms with Crippen molar-refractivity contribution in [1.82, 2.24) is 0 Å². The van der Waals surface area contributed by atoms with Gasteiger partial charge in [-0.2, -0.15) is 0 Å². The largest absolute Gasteiger partial charge is 0.456 e. The normalized spacial score (nSPS) is 12.3. The number of amidine groups is 1. The highest BCUT2D eigenvalue weighted by Crippen LogP contribution is 2.39. The molecule has 2 heterocycles. The van der Waals surface area contributed by atoms with Crippen molar-refractivity contribution >= 4 is 70.7 Å². The average molecular weight is 673 g/mol. The monoisotopic (exact) mass is 672 g/mol. The summed E-state index contributed by atoms with van der Waals surface area (Å²) in [5.74, 6) is 0.624. The summed E-state index contributed by atoms with van der Waals surface area (Å²) in [6.45, 7) is 6.47. The summed E-state index contributed by atoms with van der Waals surface area (Å²) >= 11 is 1.78. The number of hydrogen-bond donors (Lipinski definition) is 0. The first-order chi connectivity index (χ1) is 25.1. The topological polar surface area (TPSA) is 37.9 Å². The van der Waals surface area contributed by atoms with Gasteiger partial charge in [-0.15, -0.1) is 11.3 Å². The third kappa shape index (κ3) is 5.76. The van der Waals surface area contributed by atoms with Crippen LogP contribution in [0.3, 0.4) is 0 Å². The fourth-order valence-electron chi connectivity index (χ4n) is 6.81. The lowest BCUT2D eigenvalue weighted by atomic mass is 9.98. The van der Waals surface area contributed by atoms with Crippen molar-refractivity contribution in [3.8, 4) is 22.3 Å². The van der Waals surface area contributed by atoms with Crippen LogP contribution in [0.4, 0.5) is 0 Å². The molecule has 9 aromatic rings. The summed E-state index contributed by atoms with van der Waals surface area (Å²) in [7, 11) is 0. The van der Waals surface area contributed by atoms with Gasteiger partial charge in [0, 0.05) is 47.8 Å². The maximum absolute atomic E-state index is 6.20. The van der Waals surface area contributed by atoms with E-state index in [1.807, 2.05) is 49.4 Å². The van der Waals surface area contributed by atoms with Crippen molar-refractivity contribution in [2.24, 2.45) is 9.98 Å². The molecule has 0 saturated heterocycles. The van der Waals surface area contributed by atoms with E-state index >= 15 is 0 Å². The van der Waals surface area contributed by atoms with E-state index in [-0.39, 0.29) is 0 Å². The molecule has 7 aromatic carbocycles. The zero-order valence-electron chi connectivity index (χ0n) is 28.0. The van der Waals surface area contributed by atoms with Crippen molar-refractivity contribution in [2.45, 2.75) is 6.92 Å². The van der Waals surface area contributed by atoms with Crippen LogP contribution in [-0.2, 0) is 0 Å². The number of thiophene rings is 1. The van der Waals surface area contributed by atoms with Gasteiger partial charge in [-0.25, -0.2) is 9.98 Å². The van der Waals surface area contributed by atoms with E-state index in [9.17, 15) is 0 Å². The van der Waals surface area contributed by atoms with E-state index in [4.69, 9.17) is 14.4 Å². The SMILES string of the molecule is C=C(/N=C(\N=C(/C)c1ccccc1)c1cccc2c1sc1ccc(-c3cccc(-c4ccccc4)c3)cc12)c1ccc2c(c1)oc1ccccc12. The predicted molar refractivity (Wildman–Crippen MR) is 218 cm³/mol. The molecule has 0 atom stereocenters. The fourth-order valence-corrected chi connectivity index (χ4v) is 8.00. The Morgan fingerprint density at radius 3 is 2.02 bits per heavy atom. The number of aliphatic imine (C=N–C) groups is 2. The number of rotatable bonds is 6. The summed E-state index contributed by atoms with van der Waals surface area (Å²) in [5, 5.41) is 4.57. The standard InChI is InChI=1S/C47H32N2OS/c1-30(32-13-5-3-6-14-32)48-47(49-31(2)34-23-25-39-38-19-9-10-22-43(38)50-44(39)29-34)41-21-12-20-40-42-28-37(24-26-45(42)51-46(40)41)36-18-11-17-35(27-36)33-15-7-4-8-16-33/h3-29H,2H2,1H3/b48-30+,49-47-. The summed E-state index contributed by atoms with van der Waals surface area (Å²) in [6, 6.07) is 57.1. The Kier molecular flexibility index (Phi) is 7.72. The first kappa shape index (κ1) is 30.7. The molecule has 0 aliphatic heterocycles. The van der Waals surface area contributed by atoms with Gasteiger partial charge in [-0.3, -0.25) is 0 Å². The molecular weight excluding hydrogens is 641 g/mol. The van der Waals surface area contributed by atoms with Gasteiger partial charge in [0.1, 0.15) is 11.2 Å². The lowest BCUT2D eigenvalue weighted by Gasteiger charge is -2.09. The molecular formula is C47H32N2OS. The molecule has 3 nitrogen and oxygen atoms in total. The quantitative estimate of drug-likeness (QED) is 0.128. The molecule has 242 valence electrons. The van der Waals surface area contributed by atoms with Crippen molar-refractivity contribution in [1.29, 1.82) is 0 Å². The highest BCUT2D eigenvalue weighted by Gasteiger charge is 2.16. The molecule has 0 fully saturated rings. The average Bonchev–Trinajstić information content (AvgIpc) is 3.76. The number of furan rings is 1. The molecule has 0 N–H and O–H groups in total. The van der Waals surface area contributed by atoms with Crippen molar-refractivity contribution in [2.75, 3.05) is 0 Å². The van der Waals surface area contributed by atoms with Crippen LogP contribution < -0.4 is 0 Å². The van der Waals surface area contributed by atoms with Crippen LogP contribution in [0.5, 0.6) is 0 Å². The lowest BCUT2D eigenvalue weighted by Crippen LogP contribution is -2.04. The maximum Gasteiger partial charge on any atom is 0.161 e. The molecule has 0 bridgehead atoms. The molecule has 0 spiro atoms. The Labute approximate surface area is 300 Å². The van der Waals surface area contributed by atoms with Crippen LogP contribution in [0.1, 0.15) is 23.6 Å². The van der Waals surface area contributed by atoms with Crippen LogP contribution in [0.2, 0.25) is 0 Å². The highest BCUT2D eigenvalue weighted by atomic mass is 32.1. The second kappa shape index (κ2) is 12.8. The molecule has 4 heteroatoms. The number of para-hydroxylation sites is 1. The number of fused-ring (bicyclic) bond motifs is 6. The lowest BCUT2D eigenvalue weighted by molar-refractivity contribution is 0.669. The summed E-state index contributed by atoms with van der Waals surface area (Å²) < 4.78 is 8.57. The van der Waals surface area contributed by atoms with Gasteiger partial charge in [-0.05, 0) is 77.2 Å². The van der Waals surface area contributed by atoms with Crippen LogP contribution in [0, 0.1) is 0 Å². The van der Waals surface area contributed by atoms with E-state index in [0.29, 0.717) is 11.5 Å². The second-order valence-electron chi connectivity index (χ2n) is 12.7. The van der Waals surface area contributed by atoms with E-state index in [2.05, 4.69) is 128 Å². The molecule has 0 aliphatic carbocycles. The Morgan fingerprint density at radius 2 is 1.18 bits per heavy atom. The molecule has 0 aliphatic rings. The van der Waals surface area contributed by atoms with Gasteiger partial charge in [0.2, 0.25) is 0 Å². The zero-order chi connectivity index (χ0) is 34.3. The first-order valence-electron chi connectivity index (χ1n) is 17.0. The minimum atomic E-state index is 0.621. The highest BCUT2D eigenvalue weighted by molar-refractivity contribution is 7.26. The van der Waals surface area contributed by atoms with Gasteiger partial charge in [0.05, 0.1) is 5.70 Å². The van der Waals surface area contributed by atoms with Gasteiger partial charge < -0.3 is 4.42 Å². The molecule has 2 aromatic heterocycles. The summed E-state index contributed by atoms with van der Waals surface area (Å²) in [5.41, 5.74) is 10.9. The Morgan fingerprint density at radius 1 is 0.510 bits per heavy atom. The molecule has 0 unspecified atom stereocenters. The Hall–Kier alpha value is -6.36. The predicted octanol–water partition coefficient (Wildman–Crippen LogP) is 13.2. The van der Waals surface area contributed by atoms with Crippen LogP contribution in [0.25, 0.3) is 70.1 Å². The third-order valence-electron chi connectivity index (χ3n) is 9.46. The smallest absolute Gasteiger partial charge is 0.161 e. The van der Waals surface area contributed by atoms with E-state index < -0.39 is 0 Å². The van der Waals surface area contributed by atoms with Crippen molar-refractivity contribution in [3.05, 3.63) is 187 Å². The van der Waals surface area contributed by atoms with Crippen molar-refractivity contribution in [3.63, 3.8) is 0 Å². The Balaban J connectivity index is 1.16. The van der Waals surface area contributed by atoms with Crippen LogP contribution in [-0.4, -0.2) is 11.5 Å². The van der Waals surface area contributed by atoms with Gasteiger partial charge in [0.15, 0.2) is 5.84 Å². The Bertz CT molecular complexity index is 2820. The fraction of sp³-hybridized carbons (Fsp3) is 0.0213. The minimum absolute atomic E-state index is 0.621. The summed E-state index contributed by atoms with van der Waals surface area (Å²) in [4.78, 5) is 10.4. The molecule has 0 amide bonds. The van der Waals surface area contributed by atoms with E-state index in [1.54, 1.807) is 11.3 Å².